The largest absolute Gasteiger partial charge is 0.487 e. The number of amides is 1. The van der Waals surface area contributed by atoms with E-state index in [4.69, 9.17) is 4.74 Å². The van der Waals surface area contributed by atoms with Gasteiger partial charge in [0.1, 0.15) is 24.6 Å². The highest BCUT2D eigenvalue weighted by Gasteiger charge is 2.40. The highest BCUT2D eigenvalue weighted by molar-refractivity contribution is 7.92. The molecule has 3 aromatic carbocycles. The predicted octanol–water partition coefficient (Wildman–Crippen LogP) is 3.32. The third-order valence-electron chi connectivity index (χ3n) is 7.17. The first-order chi connectivity index (χ1) is 18.6. The maximum Gasteiger partial charge on any atom is 0.326 e. The molecule has 1 N–H and O–H groups in total. The van der Waals surface area contributed by atoms with Crippen LogP contribution in [0.25, 0.3) is 16.3 Å². The van der Waals surface area contributed by atoms with Gasteiger partial charge in [0.2, 0.25) is 10.0 Å². The minimum atomic E-state index is -4.30. The van der Waals surface area contributed by atoms with Crippen LogP contribution < -0.4 is 13.8 Å². The quantitative estimate of drug-likeness (QED) is 0.466. The molecule has 6 rings (SSSR count). The number of nitrogens with one attached hydrogen (secondary N) is 1. The maximum atomic E-state index is 16.2. The summed E-state index contributed by atoms with van der Waals surface area (Å²) in [6.07, 6.45) is 3.72. The van der Waals surface area contributed by atoms with Crippen LogP contribution in [-0.2, 0) is 31.6 Å². The number of fused-ring (bicyclic) bond motifs is 1. The summed E-state index contributed by atoms with van der Waals surface area (Å²) < 4.78 is 76.7. The smallest absolute Gasteiger partial charge is 0.326 e. The number of anilines is 1. The predicted molar refractivity (Wildman–Crippen MR) is 145 cm³/mol. The molecule has 0 spiro atoms. The summed E-state index contributed by atoms with van der Waals surface area (Å²) in [7, 11) is -7.58. The standard InChI is InChI=1S/C27H26FN3O6S2/c28-26-23-14-20(19-10-12-30(13-11-19)38(33,34)22-8-9-22)6-7-21(23)15-24(37-17-18-4-2-1-3-5-18)27(26)31-16-25(32)29-39(31,35)36/h1-7,10,14-15,22H,8-9,11-13,16-17H2,(H,29,32). The molecule has 0 unspecified atom stereocenters. The molecule has 1 saturated carbocycles. The molecule has 0 bridgehead atoms. The van der Waals surface area contributed by atoms with Crippen molar-refractivity contribution in [1.29, 1.82) is 0 Å². The van der Waals surface area contributed by atoms with E-state index in [-0.39, 0.29) is 35.2 Å². The van der Waals surface area contributed by atoms with Crippen LogP contribution >= 0.6 is 0 Å². The molecule has 0 atom stereocenters. The molecule has 1 aliphatic carbocycles. The lowest BCUT2D eigenvalue weighted by Gasteiger charge is -2.26. The lowest BCUT2D eigenvalue weighted by molar-refractivity contribution is -0.117. The number of hydrogen-bond acceptors (Lipinski definition) is 6. The molecule has 0 radical (unpaired) electrons. The Morgan fingerprint density at radius 2 is 1.85 bits per heavy atom. The van der Waals surface area contributed by atoms with Crippen LogP contribution in [0.2, 0.25) is 0 Å². The number of halogens is 1. The highest BCUT2D eigenvalue weighted by atomic mass is 32.2. The number of rotatable bonds is 7. The third-order valence-corrected chi connectivity index (χ3v) is 10.9. The van der Waals surface area contributed by atoms with Crippen molar-refractivity contribution in [1.82, 2.24) is 9.03 Å². The van der Waals surface area contributed by atoms with Crippen LogP contribution in [-0.4, -0.2) is 51.9 Å². The number of nitrogens with zero attached hydrogens (tertiary/aromatic N) is 2. The second kappa shape index (κ2) is 9.61. The Labute approximate surface area is 226 Å². The SMILES string of the molecule is O=C1CN(c2c(OCc3ccccc3)cc3ccc(C4=CCN(S(=O)(=O)C5CC5)CC4)cc3c2F)S(=O)(=O)N1. The summed E-state index contributed by atoms with van der Waals surface area (Å²) in [5.41, 5.74) is 2.07. The summed E-state index contributed by atoms with van der Waals surface area (Å²) in [4.78, 5) is 12.0. The van der Waals surface area contributed by atoms with Gasteiger partial charge in [-0.25, -0.2) is 21.8 Å². The molecule has 12 heteroatoms. The van der Waals surface area contributed by atoms with E-state index in [0.29, 0.717) is 41.1 Å². The number of carbonyl (C=O) groups is 1. The van der Waals surface area contributed by atoms with Crippen LogP contribution in [0.4, 0.5) is 10.1 Å². The minimum absolute atomic E-state index is 0.00511. The van der Waals surface area contributed by atoms with Crippen LogP contribution in [0.1, 0.15) is 30.4 Å². The van der Waals surface area contributed by atoms with Crippen molar-refractivity contribution < 1.29 is 30.8 Å². The topological polar surface area (TPSA) is 113 Å². The normalized spacial score (nSPS) is 19.7. The van der Waals surface area contributed by atoms with Gasteiger partial charge in [-0.3, -0.25) is 4.79 Å². The summed E-state index contributed by atoms with van der Waals surface area (Å²) in [6.45, 7) is 0.108. The first-order valence-electron chi connectivity index (χ1n) is 12.6. The summed E-state index contributed by atoms with van der Waals surface area (Å²) in [5.74, 6) is -1.60. The van der Waals surface area contributed by atoms with Gasteiger partial charge in [0.15, 0.2) is 5.82 Å². The number of ether oxygens (including phenoxy) is 1. The molecule has 1 saturated heterocycles. The van der Waals surface area contributed by atoms with Crippen molar-refractivity contribution in [2.45, 2.75) is 31.1 Å². The summed E-state index contributed by atoms with van der Waals surface area (Å²) in [6, 6.07) is 15.9. The monoisotopic (exact) mass is 571 g/mol. The first-order valence-corrected chi connectivity index (χ1v) is 15.5. The molecular weight excluding hydrogens is 545 g/mol. The fourth-order valence-corrected chi connectivity index (χ4v) is 7.90. The zero-order chi connectivity index (χ0) is 27.4. The van der Waals surface area contributed by atoms with E-state index in [1.165, 1.54) is 4.31 Å². The zero-order valence-electron chi connectivity index (χ0n) is 20.8. The molecule has 39 heavy (non-hydrogen) atoms. The second-order valence-electron chi connectivity index (χ2n) is 9.87. The molecule has 2 aliphatic heterocycles. The Kier molecular flexibility index (Phi) is 6.35. The van der Waals surface area contributed by atoms with E-state index in [9.17, 15) is 21.6 Å². The van der Waals surface area contributed by atoms with Gasteiger partial charge in [0.05, 0.1) is 5.25 Å². The molecule has 9 nitrogen and oxygen atoms in total. The molecule has 3 aromatic rings. The van der Waals surface area contributed by atoms with E-state index in [0.717, 1.165) is 11.1 Å². The van der Waals surface area contributed by atoms with Crippen molar-refractivity contribution in [3.05, 3.63) is 77.6 Å². The summed E-state index contributed by atoms with van der Waals surface area (Å²) in [5, 5.41) is 0.383. The third kappa shape index (κ3) is 4.88. The number of carbonyl (C=O) groups excluding carboxylic acids is 1. The van der Waals surface area contributed by atoms with Crippen LogP contribution in [0.3, 0.4) is 0 Å². The number of benzene rings is 3. The summed E-state index contributed by atoms with van der Waals surface area (Å²) >= 11 is 0. The van der Waals surface area contributed by atoms with Gasteiger partial charge in [-0.15, -0.1) is 0 Å². The average Bonchev–Trinajstić information content (AvgIpc) is 3.74. The number of sulfonamides is 1. The maximum absolute atomic E-state index is 16.2. The van der Waals surface area contributed by atoms with E-state index in [2.05, 4.69) is 0 Å². The Balaban J connectivity index is 1.38. The van der Waals surface area contributed by atoms with Gasteiger partial charge in [0, 0.05) is 18.5 Å². The number of hydrogen-bond donors (Lipinski definition) is 1. The van der Waals surface area contributed by atoms with Crippen molar-refractivity contribution in [3.63, 3.8) is 0 Å². The van der Waals surface area contributed by atoms with E-state index < -0.39 is 38.5 Å². The van der Waals surface area contributed by atoms with Gasteiger partial charge in [0.25, 0.3) is 5.91 Å². The Morgan fingerprint density at radius 1 is 1.08 bits per heavy atom. The van der Waals surface area contributed by atoms with Crippen molar-refractivity contribution in [3.8, 4) is 5.75 Å². The van der Waals surface area contributed by atoms with Gasteiger partial charge in [-0.2, -0.15) is 12.7 Å². The van der Waals surface area contributed by atoms with E-state index in [1.54, 1.807) is 18.2 Å². The van der Waals surface area contributed by atoms with Crippen LogP contribution in [0, 0.1) is 5.82 Å². The first kappa shape index (κ1) is 25.8. The highest BCUT2D eigenvalue weighted by Crippen LogP contribution is 2.41. The molecule has 204 valence electrons. The van der Waals surface area contributed by atoms with Gasteiger partial charge in [-0.1, -0.05) is 48.5 Å². The van der Waals surface area contributed by atoms with Crippen molar-refractivity contribution >= 4 is 48.2 Å². The zero-order valence-corrected chi connectivity index (χ0v) is 22.5. The van der Waals surface area contributed by atoms with E-state index >= 15 is 4.39 Å². The van der Waals surface area contributed by atoms with Gasteiger partial charge < -0.3 is 4.74 Å². The Morgan fingerprint density at radius 3 is 2.49 bits per heavy atom. The second-order valence-corrected chi connectivity index (χ2v) is 13.7. The molecule has 2 heterocycles. The fourth-order valence-electron chi connectivity index (χ4n) is 4.96. The van der Waals surface area contributed by atoms with Crippen LogP contribution in [0.5, 0.6) is 5.75 Å². The van der Waals surface area contributed by atoms with Crippen molar-refractivity contribution in [2.75, 3.05) is 23.9 Å². The molecule has 0 aromatic heterocycles. The lowest BCUT2D eigenvalue weighted by atomic mass is 9.96. The fraction of sp³-hybridized carbons (Fsp3) is 0.296. The Hall–Kier alpha value is -3.48. The van der Waals surface area contributed by atoms with Gasteiger partial charge >= 0.3 is 10.2 Å². The lowest BCUT2D eigenvalue weighted by Crippen LogP contribution is -2.36. The van der Waals surface area contributed by atoms with E-state index in [1.807, 2.05) is 47.2 Å². The molecule has 3 aliphatic rings. The van der Waals surface area contributed by atoms with Crippen molar-refractivity contribution in [2.24, 2.45) is 0 Å². The minimum Gasteiger partial charge on any atom is -0.487 e. The average molecular weight is 572 g/mol. The molecule has 2 fully saturated rings. The van der Waals surface area contributed by atoms with Gasteiger partial charge in [-0.05, 0) is 53.5 Å². The molecular formula is C27H26FN3O6S2. The molecule has 1 amide bonds. The Bertz CT molecular complexity index is 1720. The van der Waals surface area contributed by atoms with Crippen LogP contribution in [0.15, 0.2) is 60.7 Å².